The van der Waals surface area contributed by atoms with Crippen LogP contribution in [0.4, 0.5) is 0 Å². The van der Waals surface area contributed by atoms with Crippen molar-refractivity contribution in [1.29, 1.82) is 0 Å². The number of rotatable bonds is 8. The van der Waals surface area contributed by atoms with Crippen LogP contribution in [0, 0.1) is 0 Å². The molecular formula is C13H24O9. The van der Waals surface area contributed by atoms with Gasteiger partial charge in [0.1, 0.15) is 0 Å². The topological polar surface area (TPSA) is 143 Å². The first-order chi connectivity index (χ1) is 10.5. The highest BCUT2D eigenvalue weighted by atomic mass is 16.6. The molecule has 0 spiro atoms. The highest BCUT2D eigenvalue weighted by Crippen LogP contribution is 1.92. The van der Waals surface area contributed by atoms with E-state index < -0.39 is 18.0 Å². The molecule has 0 bridgehead atoms. The summed E-state index contributed by atoms with van der Waals surface area (Å²) in [6, 6.07) is 0. The Kier molecular flexibility index (Phi) is 18.4. The van der Waals surface area contributed by atoms with E-state index in [1.54, 1.807) is 0 Å². The van der Waals surface area contributed by atoms with E-state index in [0.717, 1.165) is 12.2 Å². The molecule has 0 amide bonds. The molecule has 0 radical (unpaired) electrons. The van der Waals surface area contributed by atoms with Gasteiger partial charge >= 0.3 is 11.9 Å². The minimum absolute atomic E-state index is 0.0417. The lowest BCUT2D eigenvalue weighted by Gasteiger charge is -2.01. The van der Waals surface area contributed by atoms with Gasteiger partial charge in [0.2, 0.25) is 0 Å². The van der Waals surface area contributed by atoms with E-state index in [2.05, 4.69) is 4.74 Å². The Labute approximate surface area is 128 Å². The normalized spacial score (nSPS) is 13.7. The molecule has 9 nitrogen and oxygen atoms in total. The molecule has 0 saturated heterocycles. The lowest BCUT2D eigenvalue weighted by atomic mass is 10.5. The molecule has 1 aliphatic rings. The summed E-state index contributed by atoms with van der Waals surface area (Å²) < 4.78 is 13.7. The lowest BCUT2D eigenvalue weighted by Crippen LogP contribution is -2.09. The smallest absolute Gasteiger partial charge is 0.338 e. The Bertz CT molecular complexity index is 278. The molecule has 1 atom stereocenters. The van der Waals surface area contributed by atoms with Crippen molar-refractivity contribution in [3.63, 3.8) is 0 Å². The summed E-state index contributed by atoms with van der Waals surface area (Å²) in [5.41, 5.74) is 0. The van der Waals surface area contributed by atoms with Crippen LogP contribution in [0.5, 0.6) is 0 Å². The van der Waals surface area contributed by atoms with Gasteiger partial charge in [-0.25, -0.2) is 9.59 Å². The second kappa shape index (κ2) is 17.7. The van der Waals surface area contributed by atoms with Crippen LogP contribution in [0.1, 0.15) is 6.92 Å². The largest absolute Gasteiger partial charge is 0.394 e. The monoisotopic (exact) mass is 324 g/mol. The molecule has 0 aromatic carbocycles. The van der Waals surface area contributed by atoms with Gasteiger partial charge in [0.15, 0.2) is 0 Å². The first kappa shape index (κ1) is 22.9. The van der Waals surface area contributed by atoms with Crippen molar-refractivity contribution in [2.75, 3.05) is 46.2 Å². The van der Waals surface area contributed by atoms with Gasteiger partial charge in [-0.1, -0.05) is 0 Å². The maximum atomic E-state index is 9.92. The first-order valence-corrected chi connectivity index (χ1v) is 6.57. The van der Waals surface area contributed by atoms with Gasteiger partial charge in [-0.3, -0.25) is 0 Å². The van der Waals surface area contributed by atoms with E-state index in [0.29, 0.717) is 26.4 Å². The Morgan fingerprint density at radius 3 is 1.50 bits per heavy atom. The predicted molar refractivity (Wildman–Crippen MR) is 74.8 cm³/mol. The van der Waals surface area contributed by atoms with Crippen molar-refractivity contribution in [2.24, 2.45) is 0 Å². The van der Waals surface area contributed by atoms with Crippen LogP contribution in [-0.4, -0.2) is 84.7 Å². The number of carbonyl (C=O) groups excluding carboxylic acids is 2. The minimum atomic E-state index is -0.579. The average Bonchev–Trinajstić information content (AvgIpc) is 2.87. The highest BCUT2D eigenvalue weighted by molar-refractivity contribution is 6.04. The van der Waals surface area contributed by atoms with Crippen molar-refractivity contribution in [1.82, 2.24) is 0 Å². The zero-order valence-electron chi connectivity index (χ0n) is 12.5. The molecule has 1 unspecified atom stereocenters. The summed E-state index contributed by atoms with van der Waals surface area (Å²) in [4.78, 5) is 19.8. The predicted octanol–water partition coefficient (Wildman–Crippen LogP) is -2.01. The third-order valence-corrected chi connectivity index (χ3v) is 1.66. The van der Waals surface area contributed by atoms with Crippen LogP contribution in [-0.2, 0) is 23.8 Å². The summed E-state index contributed by atoms with van der Waals surface area (Å²) in [6.07, 6.45) is 1.61. The Morgan fingerprint density at radius 1 is 0.955 bits per heavy atom. The van der Waals surface area contributed by atoms with Crippen LogP contribution in [0.25, 0.3) is 0 Å². The fourth-order valence-electron chi connectivity index (χ4n) is 0.754. The van der Waals surface area contributed by atoms with Crippen LogP contribution in [0.2, 0.25) is 0 Å². The third kappa shape index (κ3) is 20.9. The quantitative estimate of drug-likeness (QED) is 0.226. The number of hydrogen-bond acceptors (Lipinski definition) is 9. The summed E-state index contributed by atoms with van der Waals surface area (Å²) in [5, 5.41) is 32.5. The first-order valence-electron chi connectivity index (χ1n) is 6.57. The highest BCUT2D eigenvalue weighted by Gasteiger charge is 2.10. The van der Waals surface area contributed by atoms with Crippen molar-refractivity contribution < 1.29 is 44.2 Å². The third-order valence-electron chi connectivity index (χ3n) is 1.66. The van der Waals surface area contributed by atoms with E-state index in [4.69, 9.17) is 29.9 Å². The SMILES string of the molecule is CC(O)CO.O=C1C=CC(=O)O1.OCCOCCOCCO. The fraction of sp³-hybridized carbons (Fsp3) is 0.692. The Hall–Kier alpha value is -1.36. The van der Waals surface area contributed by atoms with Crippen molar-refractivity contribution >= 4 is 11.9 Å². The van der Waals surface area contributed by atoms with Crippen molar-refractivity contribution in [3.8, 4) is 0 Å². The van der Waals surface area contributed by atoms with Gasteiger partial charge in [0, 0.05) is 12.2 Å². The van der Waals surface area contributed by atoms with Crippen LogP contribution in [0.15, 0.2) is 12.2 Å². The number of esters is 2. The zero-order valence-corrected chi connectivity index (χ0v) is 12.5. The molecule has 0 fully saturated rings. The number of aliphatic hydroxyl groups excluding tert-OH is 4. The lowest BCUT2D eigenvalue weighted by molar-refractivity contribution is -0.150. The fourth-order valence-corrected chi connectivity index (χ4v) is 0.754. The molecule has 1 heterocycles. The van der Waals surface area contributed by atoms with Crippen molar-refractivity contribution in [2.45, 2.75) is 13.0 Å². The van der Waals surface area contributed by atoms with Crippen LogP contribution < -0.4 is 0 Å². The van der Waals surface area contributed by atoms with E-state index in [9.17, 15) is 9.59 Å². The molecule has 9 heteroatoms. The molecule has 0 aromatic heterocycles. The molecule has 0 saturated carbocycles. The second-order valence-electron chi connectivity index (χ2n) is 3.78. The maximum absolute atomic E-state index is 9.92. The van der Waals surface area contributed by atoms with Gasteiger partial charge in [0.05, 0.1) is 52.4 Å². The van der Waals surface area contributed by atoms with Gasteiger partial charge in [-0.2, -0.15) is 0 Å². The van der Waals surface area contributed by atoms with Crippen LogP contribution >= 0.6 is 0 Å². The molecular weight excluding hydrogens is 300 g/mol. The Balaban J connectivity index is 0. The second-order valence-corrected chi connectivity index (χ2v) is 3.78. The molecule has 130 valence electrons. The number of cyclic esters (lactones) is 2. The Morgan fingerprint density at radius 2 is 1.32 bits per heavy atom. The molecule has 0 aromatic rings. The summed E-state index contributed by atoms with van der Waals surface area (Å²) in [5.74, 6) is -1.16. The summed E-state index contributed by atoms with van der Waals surface area (Å²) in [6.45, 7) is 3.12. The number of aliphatic hydroxyl groups is 4. The molecule has 1 aliphatic heterocycles. The molecule has 0 aliphatic carbocycles. The summed E-state index contributed by atoms with van der Waals surface area (Å²) in [7, 11) is 0. The van der Waals surface area contributed by atoms with E-state index in [1.807, 2.05) is 0 Å². The van der Waals surface area contributed by atoms with Crippen LogP contribution in [0.3, 0.4) is 0 Å². The van der Waals surface area contributed by atoms with Crippen molar-refractivity contribution in [3.05, 3.63) is 12.2 Å². The molecule has 4 N–H and O–H groups in total. The van der Waals surface area contributed by atoms with Gasteiger partial charge < -0.3 is 34.6 Å². The minimum Gasteiger partial charge on any atom is -0.394 e. The number of carbonyl (C=O) groups is 2. The average molecular weight is 324 g/mol. The van der Waals surface area contributed by atoms with E-state index in [-0.39, 0.29) is 19.8 Å². The van der Waals surface area contributed by atoms with Gasteiger partial charge in [0.25, 0.3) is 0 Å². The maximum Gasteiger partial charge on any atom is 0.338 e. The van der Waals surface area contributed by atoms with Gasteiger partial charge in [-0.05, 0) is 6.92 Å². The van der Waals surface area contributed by atoms with E-state index >= 15 is 0 Å². The number of ether oxygens (including phenoxy) is 3. The van der Waals surface area contributed by atoms with Gasteiger partial charge in [-0.15, -0.1) is 0 Å². The molecule has 22 heavy (non-hydrogen) atoms. The molecule has 1 rings (SSSR count). The standard InChI is InChI=1S/C6H14O4.C4H2O3.C3H8O2/c7-1-3-9-5-6-10-4-2-8;5-3-1-2-4(6)7-3;1-3(5)2-4/h7-8H,1-6H2;1-2H;3-5H,2H2,1H3. The summed E-state index contributed by atoms with van der Waals surface area (Å²) >= 11 is 0. The van der Waals surface area contributed by atoms with E-state index in [1.165, 1.54) is 6.92 Å². The number of hydrogen-bond donors (Lipinski definition) is 4. The zero-order chi connectivity index (χ0) is 17.2.